The zero-order valence-electron chi connectivity index (χ0n) is 12.9. The van der Waals surface area contributed by atoms with Crippen LogP contribution in [-0.4, -0.2) is 19.6 Å². The van der Waals surface area contributed by atoms with Gasteiger partial charge in [-0.3, -0.25) is 0 Å². The molecule has 0 aromatic heterocycles. The SMILES string of the molecule is Cc1cc(CNCC(C)C)ccc1N1CCC(C)C1. The van der Waals surface area contributed by atoms with Crippen molar-refractivity contribution in [1.82, 2.24) is 5.32 Å². The van der Waals surface area contributed by atoms with Gasteiger partial charge in [-0.25, -0.2) is 0 Å². The predicted molar refractivity (Wildman–Crippen MR) is 83.7 cm³/mol. The van der Waals surface area contributed by atoms with E-state index in [-0.39, 0.29) is 0 Å². The van der Waals surface area contributed by atoms with Gasteiger partial charge in [0.1, 0.15) is 0 Å². The van der Waals surface area contributed by atoms with Gasteiger partial charge in [0.15, 0.2) is 0 Å². The van der Waals surface area contributed by atoms with Crippen molar-refractivity contribution in [3.05, 3.63) is 29.3 Å². The van der Waals surface area contributed by atoms with Crippen LogP contribution < -0.4 is 10.2 Å². The molecule has 1 unspecified atom stereocenters. The van der Waals surface area contributed by atoms with E-state index in [9.17, 15) is 0 Å². The number of nitrogens with one attached hydrogen (secondary N) is 1. The Morgan fingerprint density at radius 1 is 1.37 bits per heavy atom. The fraction of sp³-hybridized carbons (Fsp3) is 0.647. The molecule has 1 N–H and O–H groups in total. The molecule has 1 saturated heterocycles. The molecule has 2 rings (SSSR count). The Hall–Kier alpha value is -1.02. The number of hydrogen-bond donors (Lipinski definition) is 1. The molecule has 0 aliphatic carbocycles. The van der Waals surface area contributed by atoms with Crippen LogP contribution >= 0.6 is 0 Å². The summed E-state index contributed by atoms with van der Waals surface area (Å²) in [6, 6.07) is 6.92. The highest BCUT2D eigenvalue weighted by Gasteiger charge is 2.19. The van der Waals surface area contributed by atoms with Crippen LogP contribution in [0.3, 0.4) is 0 Å². The zero-order valence-corrected chi connectivity index (χ0v) is 12.9. The molecule has 0 amide bonds. The molecule has 1 fully saturated rings. The lowest BCUT2D eigenvalue weighted by atomic mass is 10.1. The summed E-state index contributed by atoms with van der Waals surface area (Å²) in [5, 5.41) is 3.51. The first-order valence-electron chi connectivity index (χ1n) is 7.61. The molecular weight excluding hydrogens is 232 g/mol. The van der Waals surface area contributed by atoms with Gasteiger partial charge in [-0.05, 0) is 48.9 Å². The van der Waals surface area contributed by atoms with Crippen molar-refractivity contribution in [3.8, 4) is 0 Å². The lowest BCUT2D eigenvalue weighted by molar-refractivity contribution is 0.552. The number of rotatable bonds is 5. The van der Waals surface area contributed by atoms with Crippen molar-refractivity contribution in [3.63, 3.8) is 0 Å². The number of hydrogen-bond acceptors (Lipinski definition) is 2. The second kappa shape index (κ2) is 6.42. The third-order valence-corrected chi connectivity index (χ3v) is 3.91. The highest BCUT2D eigenvalue weighted by molar-refractivity contribution is 5.55. The largest absolute Gasteiger partial charge is 0.371 e. The van der Waals surface area contributed by atoms with Crippen molar-refractivity contribution in [2.24, 2.45) is 11.8 Å². The molecule has 1 aliphatic rings. The predicted octanol–water partition coefficient (Wildman–Crippen LogP) is 3.59. The number of anilines is 1. The van der Waals surface area contributed by atoms with Gasteiger partial charge in [0.05, 0.1) is 0 Å². The Morgan fingerprint density at radius 3 is 2.74 bits per heavy atom. The van der Waals surface area contributed by atoms with Crippen LogP contribution in [0.1, 0.15) is 38.3 Å². The summed E-state index contributed by atoms with van der Waals surface area (Å²) in [7, 11) is 0. The van der Waals surface area contributed by atoms with Crippen LogP contribution in [0, 0.1) is 18.8 Å². The molecule has 1 aromatic rings. The van der Waals surface area contributed by atoms with Crippen molar-refractivity contribution in [2.45, 2.75) is 40.7 Å². The molecule has 0 spiro atoms. The average molecular weight is 260 g/mol. The summed E-state index contributed by atoms with van der Waals surface area (Å²) in [6.07, 6.45) is 1.33. The first kappa shape index (κ1) is 14.4. The molecule has 1 heterocycles. The summed E-state index contributed by atoms with van der Waals surface area (Å²) < 4.78 is 0. The minimum atomic E-state index is 0.714. The number of benzene rings is 1. The minimum absolute atomic E-state index is 0.714. The summed E-state index contributed by atoms with van der Waals surface area (Å²) >= 11 is 0. The normalized spacial score (nSPS) is 19.4. The highest BCUT2D eigenvalue weighted by Crippen LogP contribution is 2.27. The maximum Gasteiger partial charge on any atom is 0.0396 e. The zero-order chi connectivity index (χ0) is 13.8. The fourth-order valence-corrected chi connectivity index (χ4v) is 2.84. The fourth-order valence-electron chi connectivity index (χ4n) is 2.84. The molecule has 1 atom stereocenters. The van der Waals surface area contributed by atoms with E-state index in [1.54, 1.807) is 0 Å². The molecule has 106 valence electrons. The first-order valence-corrected chi connectivity index (χ1v) is 7.61. The van der Waals surface area contributed by atoms with Gasteiger partial charge in [-0.15, -0.1) is 0 Å². The highest BCUT2D eigenvalue weighted by atomic mass is 15.1. The van der Waals surface area contributed by atoms with E-state index in [0.29, 0.717) is 5.92 Å². The minimum Gasteiger partial charge on any atom is -0.371 e. The molecule has 0 bridgehead atoms. The van der Waals surface area contributed by atoms with E-state index in [1.807, 2.05) is 0 Å². The van der Waals surface area contributed by atoms with E-state index >= 15 is 0 Å². The van der Waals surface area contributed by atoms with Crippen LogP contribution in [0.2, 0.25) is 0 Å². The van der Waals surface area contributed by atoms with Gasteiger partial charge >= 0.3 is 0 Å². The molecule has 1 aliphatic heterocycles. The molecule has 19 heavy (non-hydrogen) atoms. The Bertz CT molecular complexity index is 412. The lowest BCUT2D eigenvalue weighted by Gasteiger charge is -2.21. The molecule has 2 nitrogen and oxygen atoms in total. The van der Waals surface area contributed by atoms with Crippen LogP contribution in [-0.2, 0) is 6.54 Å². The maximum absolute atomic E-state index is 3.51. The van der Waals surface area contributed by atoms with Gasteiger partial charge in [-0.1, -0.05) is 32.9 Å². The van der Waals surface area contributed by atoms with E-state index in [4.69, 9.17) is 0 Å². The summed E-state index contributed by atoms with van der Waals surface area (Å²) in [5.41, 5.74) is 4.24. The molecule has 0 saturated carbocycles. The van der Waals surface area contributed by atoms with E-state index in [0.717, 1.165) is 19.0 Å². The van der Waals surface area contributed by atoms with Gasteiger partial charge in [-0.2, -0.15) is 0 Å². The Kier molecular flexibility index (Phi) is 4.87. The molecule has 0 radical (unpaired) electrons. The second-order valence-electron chi connectivity index (χ2n) is 6.49. The smallest absolute Gasteiger partial charge is 0.0396 e. The maximum atomic E-state index is 3.51. The molecular formula is C17H28N2. The topological polar surface area (TPSA) is 15.3 Å². The van der Waals surface area contributed by atoms with Crippen LogP contribution in [0.25, 0.3) is 0 Å². The Labute approximate surface area is 118 Å². The Balaban J connectivity index is 1.97. The van der Waals surface area contributed by atoms with E-state index in [2.05, 4.69) is 56.1 Å². The monoisotopic (exact) mass is 260 g/mol. The first-order chi connectivity index (χ1) is 9.06. The van der Waals surface area contributed by atoms with Crippen LogP contribution in [0.5, 0.6) is 0 Å². The molecule has 1 aromatic carbocycles. The second-order valence-corrected chi connectivity index (χ2v) is 6.49. The lowest BCUT2D eigenvalue weighted by Crippen LogP contribution is -2.21. The summed E-state index contributed by atoms with van der Waals surface area (Å²) in [4.78, 5) is 2.53. The van der Waals surface area contributed by atoms with Gasteiger partial charge in [0, 0.05) is 25.3 Å². The standard InChI is InChI=1S/C17H28N2/c1-13(2)10-18-11-16-5-6-17(15(4)9-16)19-8-7-14(3)12-19/h5-6,9,13-14,18H,7-8,10-12H2,1-4H3. The Morgan fingerprint density at radius 2 is 2.16 bits per heavy atom. The molecule has 2 heteroatoms. The van der Waals surface area contributed by atoms with Gasteiger partial charge < -0.3 is 10.2 Å². The van der Waals surface area contributed by atoms with Crippen molar-refractivity contribution < 1.29 is 0 Å². The van der Waals surface area contributed by atoms with Gasteiger partial charge in [0.25, 0.3) is 0 Å². The number of nitrogens with zero attached hydrogens (tertiary/aromatic N) is 1. The summed E-state index contributed by atoms with van der Waals surface area (Å²) in [5.74, 6) is 1.55. The number of aryl methyl sites for hydroxylation is 1. The van der Waals surface area contributed by atoms with Crippen molar-refractivity contribution in [1.29, 1.82) is 0 Å². The van der Waals surface area contributed by atoms with Crippen LogP contribution in [0.15, 0.2) is 18.2 Å². The van der Waals surface area contributed by atoms with Crippen molar-refractivity contribution >= 4 is 5.69 Å². The van der Waals surface area contributed by atoms with E-state index < -0.39 is 0 Å². The summed E-state index contributed by atoms with van der Waals surface area (Å²) in [6.45, 7) is 13.6. The van der Waals surface area contributed by atoms with E-state index in [1.165, 1.54) is 36.3 Å². The van der Waals surface area contributed by atoms with Gasteiger partial charge in [0.2, 0.25) is 0 Å². The average Bonchev–Trinajstić information content (AvgIpc) is 2.75. The van der Waals surface area contributed by atoms with Crippen LogP contribution in [0.4, 0.5) is 5.69 Å². The quantitative estimate of drug-likeness (QED) is 0.870. The third-order valence-electron chi connectivity index (χ3n) is 3.91. The van der Waals surface area contributed by atoms with Crippen molar-refractivity contribution in [2.75, 3.05) is 24.5 Å². The third kappa shape index (κ3) is 3.97.